The van der Waals surface area contributed by atoms with Crippen LogP contribution in [0.2, 0.25) is 0 Å². The van der Waals surface area contributed by atoms with Crippen LogP contribution in [0.15, 0.2) is 42.5 Å². The van der Waals surface area contributed by atoms with Crippen molar-refractivity contribution in [2.45, 2.75) is 45.7 Å². The Balaban J connectivity index is 1.32. The molecule has 0 aromatic heterocycles. The highest BCUT2D eigenvalue weighted by Gasteiger charge is 2.49. The van der Waals surface area contributed by atoms with E-state index in [0.717, 1.165) is 24.1 Å². The largest absolute Gasteiger partial charge is 0.340 e. The molecule has 3 amide bonds. The average molecular weight is 448 g/mol. The van der Waals surface area contributed by atoms with Crippen molar-refractivity contribution in [2.75, 3.05) is 11.9 Å². The lowest BCUT2D eigenvalue weighted by atomic mass is 9.81. The van der Waals surface area contributed by atoms with E-state index in [4.69, 9.17) is 0 Å². The summed E-state index contributed by atoms with van der Waals surface area (Å²) in [5, 5.41) is 12.2. The Kier molecular flexibility index (Phi) is 5.64. The molecule has 2 saturated heterocycles. The maximum atomic E-state index is 13.2. The van der Waals surface area contributed by atoms with Gasteiger partial charge in [0.1, 0.15) is 6.29 Å². The van der Waals surface area contributed by atoms with Gasteiger partial charge in [0.05, 0.1) is 18.0 Å². The van der Waals surface area contributed by atoms with Gasteiger partial charge in [-0.1, -0.05) is 42.0 Å². The summed E-state index contributed by atoms with van der Waals surface area (Å²) in [4.78, 5) is 41.0. The summed E-state index contributed by atoms with van der Waals surface area (Å²) in [6.45, 7) is 5.41. The molecule has 2 aromatic carbocycles. The van der Waals surface area contributed by atoms with Gasteiger partial charge in [-0.05, 0) is 43.0 Å². The molecule has 4 unspecified atom stereocenters. The molecule has 33 heavy (non-hydrogen) atoms. The summed E-state index contributed by atoms with van der Waals surface area (Å²) in [6, 6.07) is 14.1. The maximum Gasteiger partial charge on any atom is 0.229 e. The Bertz CT molecular complexity index is 1120. The highest BCUT2D eigenvalue weighted by atomic mass is 16.2. The number of nitrogens with zero attached hydrogens (tertiary/aromatic N) is 1. The first-order chi connectivity index (χ1) is 15.9. The molecular weight excluding hydrogens is 418 g/mol. The van der Waals surface area contributed by atoms with Crippen LogP contribution in [0.5, 0.6) is 0 Å². The summed E-state index contributed by atoms with van der Waals surface area (Å²) in [6.07, 6.45) is -0.133. The number of hydrogen-bond acceptors (Lipinski definition) is 5. The lowest BCUT2D eigenvalue weighted by molar-refractivity contribution is -0.147. The van der Waals surface area contributed by atoms with E-state index in [9.17, 15) is 14.4 Å². The van der Waals surface area contributed by atoms with Crippen LogP contribution in [0.3, 0.4) is 0 Å². The Labute approximate surface area is 193 Å². The zero-order valence-electron chi connectivity index (χ0n) is 18.9. The van der Waals surface area contributed by atoms with Crippen LogP contribution >= 0.6 is 0 Å². The minimum atomic E-state index is -0.750. The van der Waals surface area contributed by atoms with Gasteiger partial charge < -0.3 is 16.0 Å². The van der Waals surface area contributed by atoms with Gasteiger partial charge in [-0.2, -0.15) is 0 Å². The van der Waals surface area contributed by atoms with Gasteiger partial charge in [0.15, 0.2) is 0 Å². The molecule has 0 saturated carbocycles. The lowest BCUT2D eigenvalue weighted by Crippen LogP contribution is -2.74. The van der Waals surface area contributed by atoms with Crippen LogP contribution in [0.4, 0.5) is 5.69 Å². The molecule has 3 aliphatic heterocycles. The number of carbonyl (C=O) groups excluding carboxylic acids is 3. The maximum absolute atomic E-state index is 13.2. The van der Waals surface area contributed by atoms with E-state index >= 15 is 0 Å². The number of carbonyl (C=O) groups is 3. The highest BCUT2D eigenvalue weighted by Crippen LogP contribution is 2.30. The second-order valence-electron chi connectivity index (χ2n) is 9.26. The third kappa shape index (κ3) is 4.24. The SMILES string of the molecule is Cc1ccc(NC(=O)C2CC(=O)NC3NC(N4CCc5ccccc5C4)NC(=O)C32)c(C)c1. The fourth-order valence-corrected chi connectivity index (χ4v) is 5.17. The second-order valence-corrected chi connectivity index (χ2v) is 9.26. The number of anilines is 1. The predicted octanol–water partition coefficient (Wildman–Crippen LogP) is 1.38. The molecule has 0 bridgehead atoms. The Morgan fingerprint density at radius 3 is 2.64 bits per heavy atom. The van der Waals surface area contributed by atoms with Crippen LogP contribution < -0.4 is 21.3 Å². The number of aryl methyl sites for hydroxylation is 2. The zero-order valence-corrected chi connectivity index (χ0v) is 18.9. The summed E-state index contributed by atoms with van der Waals surface area (Å²) < 4.78 is 0. The van der Waals surface area contributed by atoms with Gasteiger partial charge in [0.25, 0.3) is 0 Å². The summed E-state index contributed by atoms with van der Waals surface area (Å²) >= 11 is 0. The molecule has 2 fully saturated rings. The Morgan fingerprint density at radius 1 is 1.06 bits per heavy atom. The van der Waals surface area contributed by atoms with Gasteiger partial charge in [0.2, 0.25) is 17.7 Å². The number of nitrogens with one attached hydrogen (secondary N) is 4. The minimum absolute atomic E-state index is 0.0191. The van der Waals surface area contributed by atoms with Crippen molar-refractivity contribution in [3.8, 4) is 0 Å². The highest BCUT2D eigenvalue weighted by molar-refractivity contribution is 6.00. The zero-order chi connectivity index (χ0) is 23.1. The summed E-state index contributed by atoms with van der Waals surface area (Å²) in [5.41, 5.74) is 5.30. The first-order valence-electron chi connectivity index (χ1n) is 11.4. The van der Waals surface area contributed by atoms with Crippen LogP contribution in [-0.2, 0) is 27.3 Å². The average Bonchev–Trinajstić information content (AvgIpc) is 2.79. The van der Waals surface area contributed by atoms with Crippen molar-refractivity contribution in [3.05, 3.63) is 64.7 Å². The van der Waals surface area contributed by atoms with Crippen molar-refractivity contribution < 1.29 is 14.4 Å². The third-order valence-corrected chi connectivity index (χ3v) is 6.94. The van der Waals surface area contributed by atoms with E-state index in [1.54, 1.807) is 0 Å². The molecule has 8 nitrogen and oxygen atoms in total. The van der Waals surface area contributed by atoms with E-state index in [1.807, 2.05) is 44.2 Å². The van der Waals surface area contributed by atoms with E-state index in [0.29, 0.717) is 12.2 Å². The number of amides is 3. The fourth-order valence-electron chi connectivity index (χ4n) is 5.17. The lowest BCUT2D eigenvalue weighted by Gasteiger charge is -2.47. The standard InChI is InChI=1S/C25H29N5O3/c1-14-7-8-19(15(2)11-14)26-23(32)18-12-20(31)27-22-21(18)24(33)29-25(28-22)30-10-9-16-5-3-4-6-17(16)13-30/h3-8,11,18,21-22,25,28H,9-10,12-13H2,1-2H3,(H,26,32)(H,27,31)(H,29,33). The molecule has 3 aliphatic rings. The molecule has 0 aliphatic carbocycles. The smallest absolute Gasteiger partial charge is 0.229 e. The monoisotopic (exact) mass is 447 g/mol. The molecule has 3 heterocycles. The first-order valence-corrected chi connectivity index (χ1v) is 11.4. The van der Waals surface area contributed by atoms with Gasteiger partial charge in [-0.3, -0.25) is 24.6 Å². The van der Waals surface area contributed by atoms with Gasteiger partial charge in [-0.25, -0.2) is 0 Å². The normalized spacial score (nSPS) is 27.1. The molecule has 0 radical (unpaired) electrons. The summed E-state index contributed by atoms with van der Waals surface area (Å²) in [5.74, 6) is -2.19. The number of hydrogen-bond donors (Lipinski definition) is 4. The third-order valence-electron chi connectivity index (χ3n) is 6.94. The van der Waals surface area contributed by atoms with Crippen LogP contribution in [0.1, 0.15) is 28.7 Å². The van der Waals surface area contributed by atoms with Crippen molar-refractivity contribution in [2.24, 2.45) is 11.8 Å². The molecule has 0 spiro atoms. The van der Waals surface area contributed by atoms with E-state index < -0.39 is 24.3 Å². The van der Waals surface area contributed by atoms with Crippen molar-refractivity contribution in [1.82, 2.24) is 20.9 Å². The van der Waals surface area contributed by atoms with E-state index in [-0.39, 0.29) is 24.1 Å². The Morgan fingerprint density at radius 2 is 1.85 bits per heavy atom. The topological polar surface area (TPSA) is 103 Å². The van der Waals surface area contributed by atoms with Gasteiger partial charge >= 0.3 is 0 Å². The molecule has 4 atom stereocenters. The molecule has 2 aromatic rings. The number of piperidine rings is 1. The molecular formula is C25H29N5O3. The Hall–Kier alpha value is -3.23. The quantitative estimate of drug-likeness (QED) is 0.570. The molecule has 4 N–H and O–H groups in total. The van der Waals surface area contributed by atoms with E-state index in [1.165, 1.54) is 11.1 Å². The van der Waals surface area contributed by atoms with Gasteiger partial charge in [0, 0.05) is 25.2 Å². The number of fused-ring (bicyclic) bond motifs is 2. The first kappa shape index (κ1) is 21.6. The molecule has 8 heteroatoms. The van der Waals surface area contributed by atoms with E-state index in [2.05, 4.69) is 38.3 Å². The minimum Gasteiger partial charge on any atom is -0.340 e. The molecule has 172 valence electrons. The van der Waals surface area contributed by atoms with Crippen molar-refractivity contribution in [3.63, 3.8) is 0 Å². The van der Waals surface area contributed by atoms with Crippen molar-refractivity contribution >= 4 is 23.4 Å². The van der Waals surface area contributed by atoms with Crippen LogP contribution in [0, 0.1) is 25.7 Å². The predicted molar refractivity (Wildman–Crippen MR) is 124 cm³/mol. The van der Waals surface area contributed by atoms with Crippen LogP contribution in [0.25, 0.3) is 0 Å². The summed E-state index contributed by atoms with van der Waals surface area (Å²) in [7, 11) is 0. The van der Waals surface area contributed by atoms with Crippen molar-refractivity contribution in [1.29, 1.82) is 0 Å². The van der Waals surface area contributed by atoms with Gasteiger partial charge in [-0.15, -0.1) is 0 Å². The second kappa shape index (κ2) is 8.61. The number of rotatable bonds is 3. The fraction of sp³-hybridized carbons (Fsp3) is 0.400. The number of benzene rings is 2. The van der Waals surface area contributed by atoms with Crippen LogP contribution in [-0.4, -0.2) is 41.6 Å². The molecule has 5 rings (SSSR count).